The van der Waals surface area contributed by atoms with E-state index >= 15 is 0 Å². The molecule has 2 N–H and O–H groups in total. The minimum absolute atomic E-state index is 0.111. The summed E-state index contributed by atoms with van der Waals surface area (Å²) in [7, 11) is 0. The molecule has 0 aromatic heterocycles. The van der Waals surface area contributed by atoms with Crippen LogP contribution in [0.1, 0.15) is 38.3 Å². The van der Waals surface area contributed by atoms with E-state index in [2.05, 4.69) is 22.9 Å². The van der Waals surface area contributed by atoms with Crippen LogP contribution in [-0.2, 0) is 0 Å². The number of hydrogen-bond acceptors (Lipinski definition) is 2. The van der Waals surface area contributed by atoms with Gasteiger partial charge in [-0.25, -0.2) is 0 Å². The molecule has 15 heavy (non-hydrogen) atoms. The summed E-state index contributed by atoms with van der Waals surface area (Å²) in [5.74, 6) is 0.886. The topological polar surface area (TPSA) is 35.2 Å². The zero-order valence-electron chi connectivity index (χ0n) is 9.29. The van der Waals surface area contributed by atoms with Crippen molar-refractivity contribution < 1.29 is 4.74 Å². The van der Waals surface area contributed by atoms with E-state index < -0.39 is 0 Å². The van der Waals surface area contributed by atoms with Gasteiger partial charge in [0.15, 0.2) is 0 Å². The molecule has 1 rings (SSSR count). The third-order valence-electron chi connectivity index (χ3n) is 2.28. The molecule has 0 aliphatic heterocycles. The van der Waals surface area contributed by atoms with Crippen molar-refractivity contribution >= 4 is 15.9 Å². The van der Waals surface area contributed by atoms with Crippen molar-refractivity contribution in [3.8, 4) is 5.75 Å². The van der Waals surface area contributed by atoms with Crippen molar-refractivity contribution in [2.75, 3.05) is 6.61 Å². The molecule has 0 saturated heterocycles. The summed E-state index contributed by atoms with van der Waals surface area (Å²) >= 11 is 3.53. The summed E-state index contributed by atoms with van der Waals surface area (Å²) in [5.41, 5.74) is 7.21. The van der Waals surface area contributed by atoms with Crippen LogP contribution in [-0.4, -0.2) is 6.61 Å². The van der Waals surface area contributed by atoms with E-state index in [0.717, 1.165) is 28.6 Å². The van der Waals surface area contributed by atoms with Crippen LogP contribution in [0.5, 0.6) is 5.75 Å². The molecule has 2 nitrogen and oxygen atoms in total. The zero-order chi connectivity index (χ0) is 11.3. The Morgan fingerprint density at radius 2 is 2.13 bits per heavy atom. The van der Waals surface area contributed by atoms with Gasteiger partial charge in [-0.3, -0.25) is 0 Å². The maximum atomic E-state index is 6.06. The highest BCUT2D eigenvalue weighted by atomic mass is 79.9. The van der Waals surface area contributed by atoms with E-state index in [4.69, 9.17) is 10.5 Å². The smallest absolute Gasteiger partial charge is 0.120 e. The number of nitrogens with two attached hydrogens (primary N) is 1. The first-order chi connectivity index (χ1) is 7.19. The van der Waals surface area contributed by atoms with Crippen LogP contribution in [0.15, 0.2) is 22.7 Å². The third kappa shape index (κ3) is 3.50. The van der Waals surface area contributed by atoms with E-state index in [9.17, 15) is 0 Å². The van der Waals surface area contributed by atoms with Crippen molar-refractivity contribution in [2.24, 2.45) is 5.73 Å². The molecule has 0 saturated carbocycles. The molecule has 1 atom stereocenters. The molecule has 1 aromatic carbocycles. The second-order valence-corrected chi connectivity index (χ2v) is 4.37. The lowest BCUT2D eigenvalue weighted by atomic mass is 10.0. The molecule has 3 heteroatoms. The average molecular weight is 272 g/mol. The first-order valence-corrected chi connectivity index (χ1v) is 6.16. The fourth-order valence-corrected chi connectivity index (χ4v) is 2.18. The Hall–Kier alpha value is -0.540. The van der Waals surface area contributed by atoms with E-state index in [1.54, 1.807) is 0 Å². The fraction of sp³-hybridized carbons (Fsp3) is 0.500. The van der Waals surface area contributed by atoms with Crippen molar-refractivity contribution in [1.82, 2.24) is 0 Å². The Bertz CT molecular complexity index is 314. The number of rotatable bonds is 5. The van der Waals surface area contributed by atoms with Gasteiger partial charge in [-0.2, -0.15) is 0 Å². The summed E-state index contributed by atoms with van der Waals surface area (Å²) < 4.78 is 6.45. The Morgan fingerprint density at radius 3 is 2.67 bits per heavy atom. The van der Waals surface area contributed by atoms with E-state index in [-0.39, 0.29) is 6.04 Å². The van der Waals surface area contributed by atoms with Crippen molar-refractivity contribution in [2.45, 2.75) is 32.7 Å². The van der Waals surface area contributed by atoms with Gasteiger partial charge >= 0.3 is 0 Å². The second kappa shape index (κ2) is 6.13. The van der Waals surface area contributed by atoms with Gasteiger partial charge in [-0.05, 0) is 31.0 Å². The van der Waals surface area contributed by atoms with E-state index in [0.29, 0.717) is 6.61 Å². The summed E-state index contributed by atoms with van der Waals surface area (Å²) in [5, 5.41) is 0. The first kappa shape index (κ1) is 12.5. The lowest BCUT2D eigenvalue weighted by Gasteiger charge is -2.14. The molecule has 0 radical (unpaired) electrons. The molecule has 84 valence electrons. The van der Waals surface area contributed by atoms with Crippen LogP contribution in [0.2, 0.25) is 0 Å². The maximum Gasteiger partial charge on any atom is 0.120 e. The molecule has 0 spiro atoms. The molecule has 0 aliphatic rings. The van der Waals surface area contributed by atoms with Gasteiger partial charge in [0.2, 0.25) is 0 Å². The highest BCUT2D eigenvalue weighted by Gasteiger charge is 2.09. The molecule has 0 bridgehead atoms. The summed E-state index contributed by atoms with van der Waals surface area (Å²) in [6.07, 6.45) is 2.10. The van der Waals surface area contributed by atoms with Gasteiger partial charge in [-0.15, -0.1) is 0 Å². The predicted octanol–water partition coefficient (Wildman–Crippen LogP) is 3.65. The van der Waals surface area contributed by atoms with Crippen LogP contribution < -0.4 is 10.5 Å². The van der Waals surface area contributed by atoms with Crippen LogP contribution in [0.4, 0.5) is 0 Å². The Labute approximate surface area is 99.9 Å². The van der Waals surface area contributed by atoms with Gasteiger partial charge in [-0.1, -0.05) is 35.3 Å². The van der Waals surface area contributed by atoms with Gasteiger partial charge < -0.3 is 10.5 Å². The lowest BCUT2D eigenvalue weighted by molar-refractivity contribution is 0.340. The molecular formula is C12H18BrNO. The van der Waals surface area contributed by atoms with Crippen LogP contribution in [0, 0.1) is 0 Å². The van der Waals surface area contributed by atoms with Gasteiger partial charge in [0, 0.05) is 10.5 Å². The van der Waals surface area contributed by atoms with Crippen molar-refractivity contribution in [1.29, 1.82) is 0 Å². The van der Waals surface area contributed by atoms with E-state index in [1.807, 2.05) is 25.1 Å². The molecule has 1 unspecified atom stereocenters. The Balaban J connectivity index is 2.82. The van der Waals surface area contributed by atoms with Crippen LogP contribution in [0.3, 0.4) is 0 Å². The number of hydrogen-bond donors (Lipinski definition) is 1. The SMILES string of the molecule is CCCC(N)c1ccc(OCC)cc1Br. The quantitative estimate of drug-likeness (QED) is 0.888. The minimum Gasteiger partial charge on any atom is -0.494 e. The second-order valence-electron chi connectivity index (χ2n) is 3.51. The molecule has 0 fully saturated rings. The average Bonchev–Trinajstić information content (AvgIpc) is 2.18. The summed E-state index contributed by atoms with van der Waals surface area (Å²) in [4.78, 5) is 0. The molecule has 0 heterocycles. The molecule has 1 aromatic rings. The van der Waals surface area contributed by atoms with Gasteiger partial charge in [0.25, 0.3) is 0 Å². The summed E-state index contributed by atoms with van der Waals surface area (Å²) in [6.45, 7) is 4.81. The number of ether oxygens (including phenoxy) is 1. The molecule has 0 aliphatic carbocycles. The molecular weight excluding hydrogens is 254 g/mol. The van der Waals surface area contributed by atoms with E-state index in [1.165, 1.54) is 0 Å². The number of benzene rings is 1. The van der Waals surface area contributed by atoms with Crippen LogP contribution >= 0.6 is 15.9 Å². The minimum atomic E-state index is 0.111. The Kier molecular flexibility index (Phi) is 5.12. The van der Waals surface area contributed by atoms with Crippen molar-refractivity contribution in [3.05, 3.63) is 28.2 Å². The standard InChI is InChI=1S/C12H18BrNO/c1-3-5-12(14)10-7-6-9(15-4-2)8-11(10)13/h6-8,12H,3-5,14H2,1-2H3. The normalized spacial score (nSPS) is 12.5. The predicted molar refractivity (Wildman–Crippen MR) is 67.1 cm³/mol. The fourth-order valence-electron chi connectivity index (χ4n) is 1.53. The first-order valence-electron chi connectivity index (χ1n) is 5.36. The Morgan fingerprint density at radius 1 is 1.40 bits per heavy atom. The maximum absolute atomic E-state index is 6.06. The zero-order valence-corrected chi connectivity index (χ0v) is 10.9. The largest absolute Gasteiger partial charge is 0.494 e. The van der Waals surface area contributed by atoms with Crippen LogP contribution in [0.25, 0.3) is 0 Å². The van der Waals surface area contributed by atoms with Crippen molar-refractivity contribution in [3.63, 3.8) is 0 Å². The molecule has 0 amide bonds. The van der Waals surface area contributed by atoms with Gasteiger partial charge in [0.05, 0.1) is 6.61 Å². The summed E-state index contributed by atoms with van der Waals surface area (Å²) in [6, 6.07) is 6.10. The highest BCUT2D eigenvalue weighted by molar-refractivity contribution is 9.10. The highest BCUT2D eigenvalue weighted by Crippen LogP contribution is 2.28. The lowest BCUT2D eigenvalue weighted by Crippen LogP contribution is -2.10. The number of halogens is 1. The van der Waals surface area contributed by atoms with Gasteiger partial charge in [0.1, 0.15) is 5.75 Å². The monoisotopic (exact) mass is 271 g/mol. The third-order valence-corrected chi connectivity index (χ3v) is 2.97.